The van der Waals surface area contributed by atoms with Gasteiger partial charge in [0.1, 0.15) is 5.76 Å². The molecule has 0 aromatic carbocycles. The van der Waals surface area contributed by atoms with E-state index in [-0.39, 0.29) is 23.3 Å². The molecule has 1 heterocycles. The van der Waals surface area contributed by atoms with Crippen LogP contribution in [0.4, 0.5) is 5.82 Å². The molecule has 20 heavy (non-hydrogen) atoms. The molecule has 112 valence electrons. The van der Waals surface area contributed by atoms with Crippen LogP contribution in [-0.2, 0) is 9.59 Å². The average molecular weight is 300 g/mol. The molecule has 0 radical (unpaired) electrons. The van der Waals surface area contributed by atoms with Crippen molar-refractivity contribution >= 4 is 29.4 Å². The number of rotatable bonds is 7. The van der Waals surface area contributed by atoms with Gasteiger partial charge in [-0.15, -0.1) is 11.8 Å². The third-order valence-corrected chi connectivity index (χ3v) is 3.28. The van der Waals surface area contributed by atoms with Crippen molar-refractivity contribution in [3.63, 3.8) is 0 Å². The Morgan fingerprint density at radius 3 is 2.60 bits per heavy atom. The first kappa shape index (κ1) is 16.5. The first-order valence-electron chi connectivity index (χ1n) is 6.14. The molecule has 0 bridgehead atoms. The van der Waals surface area contributed by atoms with Crippen molar-refractivity contribution in [2.24, 2.45) is 5.73 Å². The Kier molecular flexibility index (Phi) is 6.03. The fourth-order valence-electron chi connectivity index (χ4n) is 1.31. The molecule has 0 aliphatic rings. The number of hydrogen-bond donors (Lipinski definition) is 3. The van der Waals surface area contributed by atoms with Crippen molar-refractivity contribution in [3.8, 4) is 0 Å². The summed E-state index contributed by atoms with van der Waals surface area (Å²) in [5.74, 6) is 1.000. The Balaban J connectivity index is 2.23. The van der Waals surface area contributed by atoms with Gasteiger partial charge < -0.3 is 20.9 Å². The van der Waals surface area contributed by atoms with Crippen LogP contribution in [0.3, 0.4) is 0 Å². The summed E-state index contributed by atoms with van der Waals surface area (Å²) in [5.41, 5.74) is 5.09. The number of aromatic nitrogens is 1. The van der Waals surface area contributed by atoms with E-state index < -0.39 is 5.54 Å². The van der Waals surface area contributed by atoms with Crippen LogP contribution in [0, 0.1) is 6.92 Å². The normalized spacial score (nSPS) is 11.2. The van der Waals surface area contributed by atoms with Crippen molar-refractivity contribution in [2.45, 2.75) is 26.3 Å². The highest BCUT2D eigenvalue weighted by Crippen LogP contribution is 2.08. The second kappa shape index (κ2) is 7.30. The van der Waals surface area contributed by atoms with Crippen LogP contribution in [0.5, 0.6) is 0 Å². The lowest BCUT2D eigenvalue weighted by Gasteiger charge is -2.23. The van der Waals surface area contributed by atoms with Crippen LogP contribution in [0.2, 0.25) is 0 Å². The molecule has 0 saturated heterocycles. The van der Waals surface area contributed by atoms with Gasteiger partial charge in [-0.3, -0.25) is 9.59 Å². The lowest BCUT2D eigenvalue weighted by atomic mass is 10.1. The Morgan fingerprint density at radius 1 is 1.40 bits per heavy atom. The van der Waals surface area contributed by atoms with Gasteiger partial charge in [0.15, 0.2) is 5.82 Å². The number of hydrogen-bond acceptors (Lipinski definition) is 6. The standard InChI is InChI=1S/C12H20N4O3S/c1-8-4-9(16-19-8)14-10(17)5-20-6-11(18)15-12(2,3)7-13/h4H,5-7,13H2,1-3H3,(H,15,18)(H,14,16,17). The lowest BCUT2D eigenvalue weighted by Crippen LogP contribution is -2.49. The fraction of sp³-hybridized carbons (Fsp3) is 0.583. The van der Waals surface area contributed by atoms with Crippen molar-refractivity contribution in [3.05, 3.63) is 11.8 Å². The number of carbonyl (C=O) groups excluding carboxylic acids is 2. The molecule has 0 fully saturated rings. The first-order chi connectivity index (χ1) is 9.32. The summed E-state index contributed by atoms with van der Waals surface area (Å²) >= 11 is 1.22. The number of amides is 2. The van der Waals surface area contributed by atoms with E-state index in [0.717, 1.165) is 0 Å². The molecular weight excluding hydrogens is 280 g/mol. The lowest BCUT2D eigenvalue weighted by molar-refractivity contribution is -0.120. The number of nitrogens with one attached hydrogen (secondary N) is 2. The molecule has 0 unspecified atom stereocenters. The predicted molar refractivity (Wildman–Crippen MR) is 78.5 cm³/mol. The first-order valence-corrected chi connectivity index (χ1v) is 7.30. The van der Waals surface area contributed by atoms with E-state index in [1.165, 1.54) is 11.8 Å². The van der Waals surface area contributed by atoms with E-state index in [9.17, 15) is 9.59 Å². The summed E-state index contributed by atoms with van der Waals surface area (Å²) in [6, 6.07) is 1.62. The minimum absolute atomic E-state index is 0.143. The zero-order valence-electron chi connectivity index (χ0n) is 11.9. The Morgan fingerprint density at radius 2 is 2.05 bits per heavy atom. The summed E-state index contributed by atoms with van der Waals surface area (Å²) < 4.78 is 4.83. The second-order valence-electron chi connectivity index (χ2n) is 5.00. The van der Waals surface area contributed by atoms with Gasteiger partial charge in [-0.1, -0.05) is 5.16 Å². The number of aryl methyl sites for hydroxylation is 1. The Bertz CT molecular complexity index is 473. The monoisotopic (exact) mass is 300 g/mol. The summed E-state index contributed by atoms with van der Waals surface area (Å²) in [4.78, 5) is 23.2. The third kappa shape index (κ3) is 6.07. The SMILES string of the molecule is Cc1cc(NC(=O)CSCC(=O)NC(C)(C)CN)no1. The van der Waals surface area contributed by atoms with Crippen LogP contribution >= 0.6 is 11.8 Å². The molecular formula is C12H20N4O3S. The predicted octanol–water partition coefficient (Wildman–Crippen LogP) is 0.508. The van der Waals surface area contributed by atoms with Crippen LogP contribution in [-0.4, -0.2) is 40.6 Å². The highest BCUT2D eigenvalue weighted by Gasteiger charge is 2.18. The van der Waals surface area contributed by atoms with Crippen LogP contribution < -0.4 is 16.4 Å². The number of nitrogens with two attached hydrogens (primary N) is 1. The highest BCUT2D eigenvalue weighted by atomic mass is 32.2. The molecule has 1 rings (SSSR count). The number of nitrogens with zero attached hydrogens (tertiary/aromatic N) is 1. The van der Waals surface area contributed by atoms with Crippen LogP contribution in [0.1, 0.15) is 19.6 Å². The molecule has 2 amide bonds. The number of carbonyl (C=O) groups is 2. The Hall–Kier alpha value is -1.54. The Labute approximate surface area is 122 Å². The zero-order valence-corrected chi connectivity index (χ0v) is 12.7. The van der Waals surface area contributed by atoms with Gasteiger partial charge in [-0.25, -0.2) is 0 Å². The maximum absolute atomic E-state index is 11.6. The van der Waals surface area contributed by atoms with Gasteiger partial charge in [-0.2, -0.15) is 0 Å². The van der Waals surface area contributed by atoms with E-state index in [0.29, 0.717) is 18.1 Å². The van der Waals surface area contributed by atoms with Gasteiger partial charge in [-0.05, 0) is 20.8 Å². The topological polar surface area (TPSA) is 110 Å². The van der Waals surface area contributed by atoms with E-state index in [4.69, 9.17) is 10.3 Å². The maximum Gasteiger partial charge on any atom is 0.235 e. The van der Waals surface area contributed by atoms with E-state index >= 15 is 0 Å². The van der Waals surface area contributed by atoms with Crippen LogP contribution in [0.25, 0.3) is 0 Å². The van der Waals surface area contributed by atoms with Gasteiger partial charge in [0.2, 0.25) is 11.8 Å². The highest BCUT2D eigenvalue weighted by molar-refractivity contribution is 8.00. The molecule has 8 heteroatoms. The molecule has 0 aliphatic heterocycles. The number of thioether (sulfide) groups is 1. The maximum atomic E-state index is 11.6. The summed E-state index contributed by atoms with van der Waals surface area (Å²) in [6.45, 7) is 5.78. The van der Waals surface area contributed by atoms with Gasteiger partial charge in [0, 0.05) is 18.2 Å². The van der Waals surface area contributed by atoms with Crippen molar-refractivity contribution in [1.82, 2.24) is 10.5 Å². The molecule has 1 aromatic heterocycles. The molecule has 0 saturated carbocycles. The third-order valence-electron chi connectivity index (χ3n) is 2.35. The molecule has 1 aromatic rings. The van der Waals surface area contributed by atoms with Crippen molar-refractivity contribution in [2.75, 3.05) is 23.4 Å². The van der Waals surface area contributed by atoms with Gasteiger partial charge in [0.05, 0.1) is 11.5 Å². The quantitative estimate of drug-likeness (QED) is 0.676. The molecule has 0 spiro atoms. The summed E-state index contributed by atoms with van der Waals surface area (Å²) in [7, 11) is 0. The van der Waals surface area contributed by atoms with Gasteiger partial charge >= 0.3 is 0 Å². The molecule has 7 nitrogen and oxygen atoms in total. The van der Waals surface area contributed by atoms with Crippen molar-refractivity contribution < 1.29 is 14.1 Å². The van der Waals surface area contributed by atoms with Crippen molar-refractivity contribution in [1.29, 1.82) is 0 Å². The minimum atomic E-state index is -0.432. The van der Waals surface area contributed by atoms with Gasteiger partial charge in [0.25, 0.3) is 0 Å². The summed E-state index contributed by atoms with van der Waals surface area (Å²) in [6.07, 6.45) is 0. The van der Waals surface area contributed by atoms with E-state index in [2.05, 4.69) is 15.8 Å². The minimum Gasteiger partial charge on any atom is -0.360 e. The molecule has 0 aliphatic carbocycles. The second-order valence-corrected chi connectivity index (χ2v) is 5.99. The largest absolute Gasteiger partial charge is 0.360 e. The smallest absolute Gasteiger partial charge is 0.235 e. The molecule has 4 N–H and O–H groups in total. The molecule has 0 atom stereocenters. The summed E-state index contributed by atoms with van der Waals surface area (Å²) in [5, 5.41) is 9.02. The van der Waals surface area contributed by atoms with E-state index in [1.54, 1.807) is 13.0 Å². The number of anilines is 1. The fourth-order valence-corrected chi connectivity index (χ4v) is 1.92. The zero-order chi connectivity index (χ0) is 15.2. The average Bonchev–Trinajstić information content (AvgIpc) is 2.74. The van der Waals surface area contributed by atoms with Crippen LogP contribution in [0.15, 0.2) is 10.6 Å². The van der Waals surface area contributed by atoms with E-state index in [1.807, 2.05) is 13.8 Å².